The lowest BCUT2D eigenvalue weighted by Gasteiger charge is -2.16. The van der Waals surface area contributed by atoms with Crippen molar-refractivity contribution < 1.29 is 37.3 Å². The first-order chi connectivity index (χ1) is 10.3. The minimum Gasteiger partial charge on any atom is -0.479 e. The average Bonchev–Trinajstić information content (AvgIpc) is 2.89. The van der Waals surface area contributed by atoms with E-state index in [4.69, 9.17) is 9.84 Å². The maximum atomic E-state index is 12.3. The Labute approximate surface area is 122 Å². The summed E-state index contributed by atoms with van der Waals surface area (Å²) in [4.78, 5) is 22.7. The predicted octanol–water partition coefficient (Wildman–Crippen LogP) is 2.16. The summed E-state index contributed by atoms with van der Waals surface area (Å²) in [6, 6.07) is 5.04. The molecule has 0 saturated carbocycles. The molecule has 1 aliphatic rings. The minimum absolute atomic E-state index is 0.161. The number of hydrogen-bond donors (Lipinski definition) is 2. The van der Waals surface area contributed by atoms with Crippen LogP contribution < -0.4 is 10.1 Å². The Morgan fingerprint density at radius 2 is 1.86 bits per heavy atom. The predicted molar refractivity (Wildman–Crippen MR) is 67.3 cm³/mol. The Morgan fingerprint density at radius 3 is 2.45 bits per heavy atom. The molecule has 1 aromatic carbocycles. The summed E-state index contributed by atoms with van der Waals surface area (Å²) in [7, 11) is 0. The van der Waals surface area contributed by atoms with Gasteiger partial charge in [0, 0.05) is 0 Å². The molecular weight excluding hydrogens is 307 g/mol. The number of rotatable bonds is 4. The number of carbonyl (C=O) groups excluding carboxylic acids is 1. The number of hydrogen-bond acceptors (Lipinski definition) is 4. The molecule has 1 aliphatic heterocycles. The van der Waals surface area contributed by atoms with Gasteiger partial charge in [-0.1, -0.05) is 12.1 Å². The zero-order valence-electron chi connectivity index (χ0n) is 11.1. The lowest BCUT2D eigenvalue weighted by molar-refractivity contribution is -0.274. The van der Waals surface area contributed by atoms with Gasteiger partial charge in [-0.3, -0.25) is 4.79 Å². The topological polar surface area (TPSA) is 84.9 Å². The molecule has 0 aromatic heterocycles. The van der Waals surface area contributed by atoms with Gasteiger partial charge in [-0.15, -0.1) is 13.2 Å². The Kier molecular flexibility index (Phi) is 4.55. The molecule has 6 nitrogen and oxygen atoms in total. The Morgan fingerprint density at radius 1 is 1.23 bits per heavy atom. The van der Waals surface area contributed by atoms with Crippen LogP contribution in [-0.4, -0.2) is 35.6 Å². The van der Waals surface area contributed by atoms with E-state index in [1.54, 1.807) is 0 Å². The monoisotopic (exact) mass is 319 g/mol. The van der Waals surface area contributed by atoms with E-state index in [2.05, 4.69) is 10.1 Å². The van der Waals surface area contributed by atoms with Crippen molar-refractivity contribution in [2.75, 3.05) is 5.32 Å². The first-order valence-corrected chi connectivity index (χ1v) is 6.30. The molecule has 0 radical (unpaired) electrons. The van der Waals surface area contributed by atoms with Gasteiger partial charge in [-0.05, 0) is 25.0 Å². The van der Waals surface area contributed by atoms with Crippen molar-refractivity contribution in [3.8, 4) is 5.75 Å². The summed E-state index contributed by atoms with van der Waals surface area (Å²) in [5, 5.41) is 11.0. The molecular formula is C13H12F3NO5. The highest BCUT2D eigenvalue weighted by Gasteiger charge is 2.36. The Hall–Kier alpha value is -2.29. The molecule has 1 saturated heterocycles. The van der Waals surface area contributed by atoms with Crippen LogP contribution in [0.15, 0.2) is 24.3 Å². The molecule has 0 unspecified atom stereocenters. The fourth-order valence-electron chi connectivity index (χ4n) is 2.01. The summed E-state index contributed by atoms with van der Waals surface area (Å²) in [6.07, 6.45) is -6.67. The summed E-state index contributed by atoms with van der Waals surface area (Å²) in [5.41, 5.74) is -0.174. The van der Waals surface area contributed by atoms with E-state index in [9.17, 15) is 22.8 Å². The van der Waals surface area contributed by atoms with E-state index < -0.39 is 36.2 Å². The summed E-state index contributed by atoms with van der Waals surface area (Å²) in [5.74, 6) is -2.46. The number of halogens is 3. The van der Waals surface area contributed by atoms with Gasteiger partial charge in [0.25, 0.3) is 5.91 Å². The molecule has 0 aliphatic carbocycles. The maximum absolute atomic E-state index is 12.3. The molecule has 9 heteroatoms. The number of alkyl halides is 3. The van der Waals surface area contributed by atoms with Crippen molar-refractivity contribution in [3.63, 3.8) is 0 Å². The van der Waals surface area contributed by atoms with Crippen LogP contribution in [0.5, 0.6) is 5.75 Å². The van der Waals surface area contributed by atoms with Crippen molar-refractivity contribution in [2.24, 2.45) is 0 Å². The van der Waals surface area contributed by atoms with Gasteiger partial charge in [0.15, 0.2) is 11.9 Å². The molecule has 2 rings (SSSR count). The fourth-order valence-corrected chi connectivity index (χ4v) is 2.01. The highest BCUT2D eigenvalue weighted by molar-refractivity contribution is 5.96. The van der Waals surface area contributed by atoms with Crippen LogP contribution >= 0.6 is 0 Å². The smallest absolute Gasteiger partial charge is 0.479 e. The molecule has 0 spiro atoms. The van der Waals surface area contributed by atoms with Crippen LogP contribution in [0.3, 0.4) is 0 Å². The number of ether oxygens (including phenoxy) is 2. The van der Waals surface area contributed by atoms with E-state index in [1.165, 1.54) is 18.2 Å². The first kappa shape index (κ1) is 16.1. The van der Waals surface area contributed by atoms with Crippen LogP contribution in [-0.2, 0) is 14.3 Å². The number of benzene rings is 1. The third kappa shape index (κ3) is 4.10. The molecule has 2 N–H and O–H groups in total. The van der Waals surface area contributed by atoms with Gasteiger partial charge in [0.1, 0.15) is 6.10 Å². The number of para-hydroxylation sites is 2. The van der Waals surface area contributed by atoms with Gasteiger partial charge in [-0.25, -0.2) is 4.79 Å². The molecule has 120 valence electrons. The van der Waals surface area contributed by atoms with Crippen molar-refractivity contribution >= 4 is 17.6 Å². The Balaban J connectivity index is 2.05. The van der Waals surface area contributed by atoms with Crippen LogP contribution in [0.1, 0.15) is 12.8 Å². The average molecular weight is 319 g/mol. The summed E-state index contributed by atoms with van der Waals surface area (Å²) in [6.45, 7) is 0. The number of aliphatic carboxylic acids is 1. The molecule has 1 amide bonds. The zero-order chi connectivity index (χ0) is 16.3. The number of carbonyl (C=O) groups is 2. The number of nitrogens with one attached hydrogen (secondary N) is 1. The van der Waals surface area contributed by atoms with E-state index in [0.29, 0.717) is 0 Å². The van der Waals surface area contributed by atoms with Crippen molar-refractivity contribution in [1.82, 2.24) is 0 Å². The van der Waals surface area contributed by atoms with Crippen LogP contribution in [0.25, 0.3) is 0 Å². The molecule has 0 bridgehead atoms. The van der Waals surface area contributed by atoms with Crippen molar-refractivity contribution in [1.29, 1.82) is 0 Å². The molecule has 1 fully saturated rings. The van der Waals surface area contributed by atoms with Crippen molar-refractivity contribution in [3.05, 3.63) is 24.3 Å². The van der Waals surface area contributed by atoms with Crippen LogP contribution in [0.4, 0.5) is 18.9 Å². The lowest BCUT2D eigenvalue weighted by atomic mass is 10.2. The second-order valence-corrected chi connectivity index (χ2v) is 4.56. The molecule has 22 heavy (non-hydrogen) atoms. The molecule has 2 atom stereocenters. The van der Waals surface area contributed by atoms with Gasteiger partial charge in [0.2, 0.25) is 0 Å². The van der Waals surface area contributed by atoms with E-state index in [1.807, 2.05) is 0 Å². The standard InChI is InChI=1S/C13H12F3NO5/c14-13(15,16)22-8-4-2-1-3-7(8)17-11(18)9-5-6-10(21-9)12(19)20/h1-4,9-10H,5-6H2,(H,17,18)(H,19,20)/t9-,10+/m0/s1. The number of amides is 1. The minimum atomic E-state index is -4.89. The third-order valence-electron chi connectivity index (χ3n) is 2.96. The van der Waals surface area contributed by atoms with Crippen LogP contribution in [0, 0.1) is 0 Å². The van der Waals surface area contributed by atoms with Gasteiger partial charge >= 0.3 is 12.3 Å². The van der Waals surface area contributed by atoms with Gasteiger partial charge in [-0.2, -0.15) is 0 Å². The summed E-state index contributed by atoms with van der Waals surface area (Å²) < 4.78 is 45.7. The third-order valence-corrected chi connectivity index (χ3v) is 2.96. The highest BCUT2D eigenvalue weighted by Crippen LogP contribution is 2.30. The van der Waals surface area contributed by atoms with E-state index >= 15 is 0 Å². The maximum Gasteiger partial charge on any atom is 0.573 e. The van der Waals surface area contributed by atoms with Gasteiger partial charge < -0.3 is 19.9 Å². The highest BCUT2D eigenvalue weighted by atomic mass is 19.4. The van der Waals surface area contributed by atoms with Gasteiger partial charge in [0.05, 0.1) is 5.69 Å². The van der Waals surface area contributed by atoms with E-state index in [-0.39, 0.29) is 18.5 Å². The quantitative estimate of drug-likeness (QED) is 0.888. The lowest BCUT2D eigenvalue weighted by Crippen LogP contribution is -2.30. The SMILES string of the molecule is O=C(Nc1ccccc1OC(F)(F)F)[C@@H]1CC[C@H](C(=O)O)O1. The fraction of sp³-hybridized carbons (Fsp3) is 0.385. The normalized spacial score (nSPS) is 21.4. The number of anilines is 1. The van der Waals surface area contributed by atoms with Crippen LogP contribution in [0.2, 0.25) is 0 Å². The zero-order valence-corrected chi connectivity index (χ0v) is 11.1. The molecule has 1 aromatic rings. The van der Waals surface area contributed by atoms with Crippen molar-refractivity contribution in [2.45, 2.75) is 31.4 Å². The number of carboxylic acid groups (broad SMARTS) is 1. The Bertz CT molecular complexity index is 575. The summed E-state index contributed by atoms with van der Waals surface area (Å²) >= 11 is 0. The second kappa shape index (κ2) is 6.22. The molecule has 1 heterocycles. The number of carboxylic acids is 1. The van der Waals surface area contributed by atoms with E-state index in [0.717, 1.165) is 6.07 Å². The largest absolute Gasteiger partial charge is 0.573 e. The first-order valence-electron chi connectivity index (χ1n) is 6.30. The second-order valence-electron chi connectivity index (χ2n) is 4.56.